The van der Waals surface area contributed by atoms with Crippen LogP contribution in [-0.4, -0.2) is 24.4 Å². The smallest absolute Gasteiger partial charge is 0.303 e. The van der Waals surface area contributed by atoms with Crippen molar-refractivity contribution in [2.75, 3.05) is 12.4 Å². The van der Waals surface area contributed by atoms with Crippen LogP contribution in [0.3, 0.4) is 0 Å². The zero-order chi connectivity index (χ0) is 13.4. The summed E-state index contributed by atoms with van der Waals surface area (Å²) < 4.78 is 10.5. The number of hydrogen-bond acceptors (Lipinski definition) is 5. The minimum atomic E-state index is -0.442. The quantitative estimate of drug-likeness (QED) is 0.594. The Morgan fingerprint density at radius 3 is 2.72 bits per heavy atom. The second-order valence-electron chi connectivity index (χ2n) is 3.40. The topological polar surface area (TPSA) is 59.3 Å². The molecule has 1 rings (SSSR count). The second kappa shape index (κ2) is 7.85. The average Bonchev–Trinajstić information content (AvgIpc) is 2.34. The van der Waals surface area contributed by atoms with E-state index in [0.29, 0.717) is 16.5 Å². The molecule has 1 atom stereocenters. The molecule has 0 spiro atoms. The number of carbonyl (C=O) groups excluding carboxylic acids is 1. The summed E-state index contributed by atoms with van der Waals surface area (Å²) in [5.74, 6) is 0.626. The Morgan fingerprint density at radius 1 is 1.50 bits per heavy atom. The van der Waals surface area contributed by atoms with Gasteiger partial charge in [0.1, 0.15) is 23.9 Å². The molecule has 0 heterocycles. The minimum Gasteiger partial charge on any atom is -0.490 e. The lowest BCUT2D eigenvalue weighted by Crippen LogP contribution is -2.26. The highest BCUT2D eigenvalue weighted by atomic mass is 35.5. The number of thiocyanates is 1. The second-order valence-corrected chi connectivity index (χ2v) is 4.64. The van der Waals surface area contributed by atoms with E-state index in [1.165, 1.54) is 6.92 Å². The third-order valence-corrected chi connectivity index (χ3v) is 2.84. The predicted molar refractivity (Wildman–Crippen MR) is 70.6 cm³/mol. The van der Waals surface area contributed by atoms with E-state index in [4.69, 9.17) is 26.3 Å². The summed E-state index contributed by atoms with van der Waals surface area (Å²) in [6.07, 6.45) is -0.442. The Hall–Kier alpha value is -1.38. The molecule has 0 aromatic heterocycles. The molecular weight excluding hydrogens is 274 g/mol. The van der Waals surface area contributed by atoms with Crippen molar-refractivity contribution < 1.29 is 14.3 Å². The summed E-state index contributed by atoms with van der Waals surface area (Å²) in [5, 5.41) is 11.0. The summed E-state index contributed by atoms with van der Waals surface area (Å²) in [5.41, 5.74) is 0. The van der Waals surface area contributed by atoms with Crippen LogP contribution in [0.5, 0.6) is 5.75 Å². The van der Waals surface area contributed by atoms with Crippen molar-refractivity contribution in [3.05, 3.63) is 29.3 Å². The van der Waals surface area contributed by atoms with Crippen molar-refractivity contribution in [3.63, 3.8) is 0 Å². The summed E-state index contributed by atoms with van der Waals surface area (Å²) in [4.78, 5) is 10.9. The molecule has 96 valence electrons. The molecule has 0 saturated carbocycles. The fourth-order valence-electron chi connectivity index (χ4n) is 1.20. The van der Waals surface area contributed by atoms with Crippen LogP contribution in [0.25, 0.3) is 0 Å². The molecule has 0 fully saturated rings. The Morgan fingerprint density at radius 2 is 2.17 bits per heavy atom. The molecule has 0 aliphatic carbocycles. The number of nitriles is 1. The van der Waals surface area contributed by atoms with Crippen LogP contribution in [-0.2, 0) is 9.53 Å². The first-order chi connectivity index (χ1) is 8.61. The molecule has 0 amide bonds. The molecule has 1 unspecified atom stereocenters. The van der Waals surface area contributed by atoms with Crippen molar-refractivity contribution in [1.29, 1.82) is 5.26 Å². The number of thioether (sulfide) groups is 1. The predicted octanol–water partition coefficient (Wildman–Crippen LogP) is 2.86. The van der Waals surface area contributed by atoms with E-state index in [1.807, 2.05) is 5.40 Å². The van der Waals surface area contributed by atoms with Crippen molar-refractivity contribution in [2.45, 2.75) is 13.0 Å². The van der Waals surface area contributed by atoms with E-state index in [9.17, 15) is 4.79 Å². The van der Waals surface area contributed by atoms with Gasteiger partial charge in [-0.15, -0.1) is 0 Å². The van der Waals surface area contributed by atoms with E-state index < -0.39 is 12.1 Å². The third-order valence-electron chi connectivity index (χ3n) is 1.92. The van der Waals surface area contributed by atoms with E-state index in [0.717, 1.165) is 11.8 Å². The van der Waals surface area contributed by atoms with Crippen LogP contribution in [0.4, 0.5) is 0 Å². The van der Waals surface area contributed by atoms with Gasteiger partial charge in [-0.2, -0.15) is 5.26 Å². The maximum Gasteiger partial charge on any atom is 0.303 e. The van der Waals surface area contributed by atoms with Gasteiger partial charge in [0, 0.05) is 17.7 Å². The van der Waals surface area contributed by atoms with Gasteiger partial charge in [0.2, 0.25) is 0 Å². The van der Waals surface area contributed by atoms with E-state index in [-0.39, 0.29) is 6.61 Å². The van der Waals surface area contributed by atoms with Gasteiger partial charge in [-0.05, 0) is 36.0 Å². The minimum absolute atomic E-state index is 0.204. The first-order valence-corrected chi connectivity index (χ1v) is 6.54. The maximum atomic E-state index is 10.9. The van der Waals surface area contributed by atoms with Crippen LogP contribution in [0.2, 0.25) is 5.02 Å². The van der Waals surface area contributed by atoms with Gasteiger partial charge in [0.05, 0.1) is 0 Å². The first kappa shape index (κ1) is 14.7. The van der Waals surface area contributed by atoms with Gasteiger partial charge in [-0.25, -0.2) is 0 Å². The van der Waals surface area contributed by atoms with Crippen molar-refractivity contribution in [3.8, 4) is 11.2 Å². The zero-order valence-electron chi connectivity index (χ0n) is 9.76. The molecule has 6 heteroatoms. The molecule has 0 radical (unpaired) electrons. The zero-order valence-corrected chi connectivity index (χ0v) is 11.3. The Kier molecular flexibility index (Phi) is 6.40. The van der Waals surface area contributed by atoms with Crippen molar-refractivity contribution >= 4 is 29.3 Å². The van der Waals surface area contributed by atoms with Gasteiger partial charge in [0.15, 0.2) is 0 Å². The van der Waals surface area contributed by atoms with Gasteiger partial charge in [0.25, 0.3) is 0 Å². The molecule has 0 N–H and O–H groups in total. The number of nitrogens with zero attached hydrogens (tertiary/aromatic N) is 1. The number of carbonyl (C=O) groups is 1. The largest absolute Gasteiger partial charge is 0.490 e. The SMILES string of the molecule is CC(=O)OC(COc1ccc(Cl)cc1)CSC#N. The molecular formula is C12H12ClNO3S. The molecule has 0 saturated heterocycles. The highest BCUT2D eigenvalue weighted by Gasteiger charge is 2.13. The van der Waals surface area contributed by atoms with Crippen LogP contribution in [0, 0.1) is 10.7 Å². The highest BCUT2D eigenvalue weighted by molar-refractivity contribution is 8.03. The fraction of sp³-hybridized carbons (Fsp3) is 0.333. The standard InChI is InChI=1S/C12H12ClNO3S/c1-9(15)17-12(7-18-8-14)6-16-11-4-2-10(13)3-5-11/h2-5,12H,6-7H2,1H3. The third kappa shape index (κ3) is 5.80. The van der Waals surface area contributed by atoms with E-state index >= 15 is 0 Å². The number of halogens is 1. The number of esters is 1. The van der Waals surface area contributed by atoms with Crippen LogP contribution in [0.1, 0.15) is 6.92 Å². The average molecular weight is 286 g/mol. The van der Waals surface area contributed by atoms with Crippen molar-refractivity contribution in [2.24, 2.45) is 0 Å². The van der Waals surface area contributed by atoms with E-state index in [2.05, 4.69) is 0 Å². The van der Waals surface area contributed by atoms with Gasteiger partial charge >= 0.3 is 5.97 Å². The van der Waals surface area contributed by atoms with Crippen molar-refractivity contribution in [1.82, 2.24) is 0 Å². The Labute approximate surface area is 115 Å². The summed E-state index contributed by atoms with van der Waals surface area (Å²) in [6, 6.07) is 6.87. The van der Waals surface area contributed by atoms with Crippen LogP contribution < -0.4 is 4.74 Å². The lowest BCUT2D eigenvalue weighted by molar-refractivity contribution is -0.146. The Balaban J connectivity index is 2.47. The van der Waals surface area contributed by atoms with Gasteiger partial charge < -0.3 is 9.47 Å². The molecule has 1 aromatic rings. The fourth-order valence-corrected chi connectivity index (χ4v) is 1.75. The maximum absolute atomic E-state index is 10.9. The molecule has 0 aliphatic heterocycles. The highest BCUT2D eigenvalue weighted by Crippen LogP contribution is 2.16. The Bertz CT molecular complexity index is 430. The van der Waals surface area contributed by atoms with Gasteiger partial charge in [-0.1, -0.05) is 11.6 Å². The van der Waals surface area contributed by atoms with Crippen LogP contribution in [0.15, 0.2) is 24.3 Å². The number of hydrogen-bond donors (Lipinski definition) is 0. The molecule has 1 aromatic carbocycles. The summed E-state index contributed by atoms with van der Waals surface area (Å²) in [7, 11) is 0. The molecule has 18 heavy (non-hydrogen) atoms. The summed E-state index contributed by atoms with van der Waals surface area (Å²) in [6.45, 7) is 1.53. The number of rotatable bonds is 6. The lowest BCUT2D eigenvalue weighted by atomic mass is 10.3. The first-order valence-electron chi connectivity index (χ1n) is 5.18. The van der Waals surface area contributed by atoms with Gasteiger partial charge in [-0.3, -0.25) is 4.79 Å². The molecule has 0 aliphatic rings. The van der Waals surface area contributed by atoms with Crippen LogP contribution >= 0.6 is 23.4 Å². The summed E-state index contributed by atoms with van der Waals surface area (Å²) >= 11 is 6.77. The lowest BCUT2D eigenvalue weighted by Gasteiger charge is -2.16. The monoisotopic (exact) mass is 285 g/mol. The molecule has 4 nitrogen and oxygen atoms in total. The van der Waals surface area contributed by atoms with E-state index in [1.54, 1.807) is 24.3 Å². The normalized spacial score (nSPS) is 11.4. The molecule has 0 bridgehead atoms. The number of ether oxygens (including phenoxy) is 2. The number of benzene rings is 1.